The fourth-order valence-corrected chi connectivity index (χ4v) is 1.34. The smallest absolute Gasteiger partial charge is 0.131 e. The number of carbonyl (C=O) groups is 1. The predicted molar refractivity (Wildman–Crippen MR) is 62.5 cm³/mol. The van der Waals surface area contributed by atoms with Crippen LogP contribution in [-0.4, -0.2) is 28.3 Å². The minimum absolute atomic E-state index is 0.179. The second-order valence-electron chi connectivity index (χ2n) is 4.09. The van der Waals surface area contributed by atoms with Crippen molar-refractivity contribution in [3.05, 3.63) is 12.4 Å². The number of nitrogens with one attached hydrogen (secondary N) is 2. The molecular formula is C11H16N4O. The van der Waals surface area contributed by atoms with E-state index in [0.29, 0.717) is 19.0 Å². The van der Waals surface area contributed by atoms with Crippen LogP contribution in [0.25, 0.3) is 0 Å². The molecule has 5 nitrogen and oxygen atoms in total. The van der Waals surface area contributed by atoms with Crippen molar-refractivity contribution in [3.8, 4) is 0 Å². The van der Waals surface area contributed by atoms with Gasteiger partial charge in [-0.2, -0.15) is 0 Å². The summed E-state index contributed by atoms with van der Waals surface area (Å²) >= 11 is 0. The van der Waals surface area contributed by atoms with E-state index in [1.807, 2.05) is 6.07 Å². The first-order valence-electron chi connectivity index (χ1n) is 5.56. The van der Waals surface area contributed by atoms with E-state index in [1.165, 1.54) is 19.2 Å². The summed E-state index contributed by atoms with van der Waals surface area (Å²) in [6.45, 7) is 2.21. The molecule has 0 bridgehead atoms. The van der Waals surface area contributed by atoms with E-state index in [2.05, 4.69) is 20.6 Å². The van der Waals surface area contributed by atoms with Gasteiger partial charge in [0.1, 0.15) is 23.7 Å². The van der Waals surface area contributed by atoms with Gasteiger partial charge < -0.3 is 10.6 Å². The Morgan fingerprint density at radius 1 is 1.44 bits per heavy atom. The third kappa shape index (κ3) is 3.49. The van der Waals surface area contributed by atoms with Gasteiger partial charge in [0.25, 0.3) is 0 Å². The zero-order chi connectivity index (χ0) is 11.4. The van der Waals surface area contributed by atoms with Crippen LogP contribution in [0.15, 0.2) is 12.4 Å². The van der Waals surface area contributed by atoms with E-state index in [0.717, 1.165) is 11.6 Å². The number of nitrogens with zero attached hydrogens (tertiary/aromatic N) is 2. The van der Waals surface area contributed by atoms with Gasteiger partial charge in [0, 0.05) is 25.1 Å². The first-order chi connectivity index (χ1) is 7.74. The summed E-state index contributed by atoms with van der Waals surface area (Å²) in [5.74, 6) is 1.79. The fourth-order valence-electron chi connectivity index (χ4n) is 1.34. The van der Waals surface area contributed by atoms with Crippen LogP contribution in [0.3, 0.4) is 0 Å². The lowest BCUT2D eigenvalue weighted by atomic mass is 10.3. The lowest BCUT2D eigenvalue weighted by Crippen LogP contribution is -2.09. The number of hydrogen-bond acceptors (Lipinski definition) is 5. The van der Waals surface area contributed by atoms with E-state index in [-0.39, 0.29) is 5.78 Å². The van der Waals surface area contributed by atoms with Gasteiger partial charge in [-0.3, -0.25) is 4.79 Å². The number of hydrogen-bond donors (Lipinski definition) is 2. The number of anilines is 2. The van der Waals surface area contributed by atoms with Crippen LogP contribution in [-0.2, 0) is 4.79 Å². The molecule has 1 aliphatic carbocycles. The number of rotatable bonds is 6. The lowest BCUT2D eigenvalue weighted by molar-refractivity contribution is -0.116. The maximum atomic E-state index is 10.8. The van der Waals surface area contributed by atoms with E-state index < -0.39 is 0 Å². The molecule has 2 rings (SSSR count). The molecule has 0 unspecified atom stereocenters. The van der Waals surface area contributed by atoms with E-state index in [4.69, 9.17) is 0 Å². The highest BCUT2D eigenvalue weighted by Crippen LogP contribution is 2.23. The number of ketones is 1. The van der Waals surface area contributed by atoms with E-state index in [1.54, 1.807) is 6.92 Å². The molecule has 0 spiro atoms. The summed E-state index contributed by atoms with van der Waals surface area (Å²) in [5.41, 5.74) is 0. The van der Waals surface area contributed by atoms with Gasteiger partial charge >= 0.3 is 0 Å². The minimum Gasteiger partial charge on any atom is -0.369 e. The molecule has 0 aliphatic heterocycles. The fraction of sp³-hybridized carbons (Fsp3) is 0.545. The Kier molecular flexibility index (Phi) is 3.34. The van der Waals surface area contributed by atoms with Crippen LogP contribution in [0.2, 0.25) is 0 Å². The van der Waals surface area contributed by atoms with Crippen molar-refractivity contribution in [1.82, 2.24) is 9.97 Å². The van der Waals surface area contributed by atoms with Crippen LogP contribution in [0.5, 0.6) is 0 Å². The first kappa shape index (κ1) is 10.9. The van der Waals surface area contributed by atoms with Crippen LogP contribution >= 0.6 is 0 Å². The van der Waals surface area contributed by atoms with E-state index >= 15 is 0 Å². The molecule has 1 aromatic rings. The first-order valence-corrected chi connectivity index (χ1v) is 5.56. The molecule has 0 aromatic carbocycles. The molecular weight excluding hydrogens is 204 g/mol. The van der Waals surface area contributed by atoms with Gasteiger partial charge in [0.15, 0.2) is 0 Å². The van der Waals surface area contributed by atoms with Crippen molar-refractivity contribution in [2.24, 2.45) is 0 Å². The number of aromatic nitrogens is 2. The summed E-state index contributed by atoms with van der Waals surface area (Å²) in [4.78, 5) is 19.0. The van der Waals surface area contributed by atoms with Crippen molar-refractivity contribution >= 4 is 17.4 Å². The van der Waals surface area contributed by atoms with Gasteiger partial charge in [-0.25, -0.2) is 9.97 Å². The zero-order valence-electron chi connectivity index (χ0n) is 9.36. The molecule has 0 atom stereocenters. The van der Waals surface area contributed by atoms with Crippen molar-refractivity contribution in [2.75, 3.05) is 17.2 Å². The van der Waals surface area contributed by atoms with Gasteiger partial charge in [0.05, 0.1) is 0 Å². The van der Waals surface area contributed by atoms with Gasteiger partial charge in [-0.05, 0) is 19.8 Å². The van der Waals surface area contributed by atoms with Gasteiger partial charge in [-0.15, -0.1) is 0 Å². The SMILES string of the molecule is CC(=O)CCNc1cc(NC2CC2)ncn1. The Balaban J connectivity index is 1.85. The molecule has 0 radical (unpaired) electrons. The van der Waals surface area contributed by atoms with Gasteiger partial charge in [0.2, 0.25) is 0 Å². The molecule has 5 heteroatoms. The minimum atomic E-state index is 0.179. The number of carbonyl (C=O) groups excluding carboxylic acids is 1. The Labute approximate surface area is 94.7 Å². The predicted octanol–water partition coefficient (Wildman–Crippen LogP) is 1.44. The highest BCUT2D eigenvalue weighted by Gasteiger charge is 2.21. The maximum Gasteiger partial charge on any atom is 0.131 e. The van der Waals surface area contributed by atoms with Crippen molar-refractivity contribution in [3.63, 3.8) is 0 Å². The molecule has 1 aliphatic rings. The third-order valence-corrected chi connectivity index (χ3v) is 2.38. The number of Topliss-reactive ketones (excluding diaryl/α,β-unsaturated/α-hetero) is 1. The Bertz CT molecular complexity index is 376. The lowest BCUT2D eigenvalue weighted by Gasteiger charge is -2.06. The second kappa shape index (κ2) is 4.92. The molecule has 0 amide bonds. The van der Waals surface area contributed by atoms with Crippen LogP contribution < -0.4 is 10.6 Å². The molecule has 16 heavy (non-hydrogen) atoms. The average molecular weight is 220 g/mol. The molecule has 1 heterocycles. The molecule has 1 saturated carbocycles. The Morgan fingerprint density at radius 3 is 2.88 bits per heavy atom. The summed E-state index contributed by atoms with van der Waals surface area (Å²) in [7, 11) is 0. The molecule has 0 saturated heterocycles. The molecule has 1 fully saturated rings. The summed E-state index contributed by atoms with van der Waals surface area (Å²) in [6, 6.07) is 2.46. The van der Waals surface area contributed by atoms with Crippen LogP contribution in [0.4, 0.5) is 11.6 Å². The largest absolute Gasteiger partial charge is 0.369 e. The summed E-state index contributed by atoms with van der Waals surface area (Å²) < 4.78 is 0. The van der Waals surface area contributed by atoms with E-state index in [9.17, 15) is 4.79 Å². The highest BCUT2D eigenvalue weighted by atomic mass is 16.1. The quantitative estimate of drug-likeness (QED) is 0.759. The summed E-state index contributed by atoms with van der Waals surface area (Å²) in [6.07, 6.45) is 4.49. The Hall–Kier alpha value is -1.65. The molecule has 2 N–H and O–H groups in total. The van der Waals surface area contributed by atoms with Crippen LogP contribution in [0.1, 0.15) is 26.2 Å². The zero-order valence-corrected chi connectivity index (χ0v) is 9.36. The highest BCUT2D eigenvalue weighted by molar-refractivity contribution is 5.75. The Morgan fingerprint density at radius 2 is 2.19 bits per heavy atom. The summed E-state index contributed by atoms with van der Waals surface area (Å²) in [5, 5.41) is 6.40. The third-order valence-electron chi connectivity index (χ3n) is 2.38. The van der Waals surface area contributed by atoms with Gasteiger partial charge in [-0.1, -0.05) is 0 Å². The molecule has 86 valence electrons. The van der Waals surface area contributed by atoms with Crippen LogP contribution in [0, 0.1) is 0 Å². The molecule has 1 aromatic heterocycles. The average Bonchev–Trinajstić information content (AvgIpc) is 3.02. The monoisotopic (exact) mass is 220 g/mol. The topological polar surface area (TPSA) is 66.9 Å². The second-order valence-corrected chi connectivity index (χ2v) is 4.09. The van der Waals surface area contributed by atoms with Crippen molar-refractivity contribution < 1.29 is 4.79 Å². The maximum absolute atomic E-state index is 10.8. The van der Waals surface area contributed by atoms with Crippen molar-refractivity contribution in [2.45, 2.75) is 32.2 Å². The standard InChI is InChI=1S/C11H16N4O/c1-8(16)4-5-12-10-6-11(14-7-13-10)15-9-2-3-9/h6-7,9H,2-5H2,1H3,(H2,12,13,14,15). The normalized spacial score (nSPS) is 14.6. The van der Waals surface area contributed by atoms with Crippen molar-refractivity contribution in [1.29, 1.82) is 0 Å².